The van der Waals surface area contributed by atoms with Gasteiger partial charge in [0.1, 0.15) is 0 Å². The topological polar surface area (TPSA) is 46.2 Å². The van der Waals surface area contributed by atoms with Gasteiger partial charge >= 0.3 is 0 Å². The van der Waals surface area contributed by atoms with Gasteiger partial charge in [-0.15, -0.1) is 0 Å². The Hall–Kier alpha value is -1.90. The summed E-state index contributed by atoms with van der Waals surface area (Å²) in [6.07, 6.45) is 3.62. The van der Waals surface area contributed by atoms with E-state index < -0.39 is 0 Å². The van der Waals surface area contributed by atoms with E-state index in [0.29, 0.717) is 6.42 Å². The molecule has 0 heterocycles. The number of carbonyl (C=O) groups is 1. The Labute approximate surface area is 88.8 Å². The predicted molar refractivity (Wildman–Crippen MR) is 58.5 cm³/mol. The molecule has 0 fully saturated rings. The lowest BCUT2D eigenvalue weighted by Gasteiger charge is -2.01. The van der Waals surface area contributed by atoms with E-state index in [1.54, 1.807) is 19.3 Å². The van der Waals surface area contributed by atoms with Gasteiger partial charge in [-0.1, -0.05) is 37.3 Å². The van der Waals surface area contributed by atoms with Crippen molar-refractivity contribution >= 4 is 18.3 Å². The molecule has 0 aliphatic heterocycles. The van der Waals surface area contributed by atoms with Crippen LogP contribution in [0.1, 0.15) is 18.9 Å². The lowest BCUT2D eigenvalue weighted by Crippen LogP contribution is -2.22. The molecule has 0 atom stereocenters. The average molecular weight is 202 g/mol. The first-order valence-electron chi connectivity index (χ1n) is 4.71. The van der Waals surface area contributed by atoms with Crippen LogP contribution in [0.2, 0.25) is 0 Å². The van der Waals surface area contributed by atoms with Crippen molar-refractivity contribution in [3.63, 3.8) is 0 Å². The fourth-order valence-corrected chi connectivity index (χ4v) is 1.05. The third-order valence-electron chi connectivity index (χ3n) is 1.82. The normalized spacial score (nSPS) is 10.9. The van der Waals surface area contributed by atoms with Gasteiger partial charge in [-0.2, -0.15) is 0 Å². The van der Waals surface area contributed by atoms with Gasteiger partial charge in [-0.05, 0) is 11.6 Å². The molecule has 15 heavy (non-hydrogen) atoms. The number of hydrogen-bond acceptors (Lipinski definition) is 2. The first-order chi connectivity index (χ1) is 7.26. The lowest BCUT2D eigenvalue weighted by molar-refractivity contribution is -0.119. The minimum absolute atomic E-state index is 0.160. The fraction of sp³-hybridized carbons (Fsp3) is 0.167. The first kappa shape index (κ1) is 11.2. The summed E-state index contributed by atoms with van der Waals surface area (Å²) in [5.41, 5.74) is 1.01. The fourth-order valence-electron chi connectivity index (χ4n) is 1.05. The van der Waals surface area contributed by atoms with Gasteiger partial charge in [-0.3, -0.25) is 9.59 Å². The van der Waals surface area contributed by atoms with E-state index >= 15 is 0 Å². The van der Waals surface area contributed by atoms with Crippen molar-refractivity contribution < 1.29 is 9.59 Å². The van der Waals surface area contributed by atoms with Gasteiger partial charge in [0, 0.05) is 6.42 Å². The second kappa shape index (κ2) is 5.75. The van der Waals surface area contributed by atoms with Crippen LogP contribution in [0, 0.1) is 0 Å². The molecule has 1 aromatic rings. The summed E-state index contributed by atoms with van der Waals surface area (Å²) in [5, 5.41) is 2.46. The Kier molecular flexibility index (Phi) is 4.29. The van der Waals surface area contributed by atoms with Crippen LogP contribution in [-0.2, 0) is 9.59 Å². The van der Waals surface area contributed by atoms with E-state index in [-0.39, 0.29) is 11.6 Å². The molecule has 0 saturated heterocycles. The molecule has 0 saturated carbocycles. The molecule has 1 N–H and O–H groups in total. The van der Waals surface area contributed by atoms with E-state index in [1.165, 1.54) is 0 Å². The molecule has 0 aliphatic rings. The van der Waals surface area contributed by atoms with Crippen LogP contribution < -0.4 is 5.32 Å². The molecule has 3 nitrogen and oxygen atoms in total. The lowest BCUT2D eigenvalue weighted by atomic mass is 10.2. The number of benzene rings is 1. The molecule has 3 heteroatoms. The second-order valence-corrected chi connectivity index (χ2v) is 2.97. The Balaban J connectivity index is 2.79. The van der Waals surface area contributed by atoms with Gasteiger partial charge in [-0.25, -0.2) is 0 Å². The number of hydrogen-bond donors (Lipinski definition) is 1. The van der Waals surface area contributed by atoms with E-state index in [4.69, 9.17) is 0 Å². The van der Waals surface area contributed by atoms with Crippen LogP contribution in [0.4, 0.5) is 0 Å². The van der Waals surface area contributed by atoms with Crippen molar-refractivity contribution in [2.75, 3.05) is 0 Å². The van der Waals surface area contributed by atoms with Crippen molar-refractivity contribution in [1.29, 1.82) is 0 Å². The Morgan fingerprint density at radius 1 is 1.40 bits per heavy atom. The summed E-state index contributed by atoms with van der Waals surface area (Å²) >= 11 is 0. The van der Waals surface area contributed by atoms with Crippen LogP contribution in [0.15, 0.2) is 36.0 Å². The highest BCUT2D eigenvalue weighted by Crippen LogP contribution is 2.03. The zero-order chi connectivity index (χ0) is 11.1. The highest BCUT2D eigenvalue weighted by molar-refractivity contribution is 5.90. The quantitative estimate of drug-likeness (QED) is 0.755. The molecular weight excluding hydrogens is 190 g/mol. The van der Waals surface area contributed by atoms with Crippen LogP contribution in [0.5, 0.6) is 0 Å². The Morgan fingerprint density at radius 3 is 2.60 bits per heavy atom. The summed E-state index contributed by atoms with van der Waals surface area (Å²) in [6.45, 7) is 1.72. The van der Waals surface area contributed by atoms with E-state index in [2.05, 4.69) is 5.32 Å². The van der Waals surface area contributed by atoms with Gasteiger partial charge in [0.2, 0.25) is 5.91 Å². The van der Waals surface area contributed by atoms with E-state index in [0.717, 1.165) is 5.56 Å². The smallest absolute Gasteiger partial charge is 0.251 e. The maximum absolute atomic E-state index is 11.0. The van der Waals surface area contributed by atoms with Crippen molar-refractivity contribution in [1.82, 2.24) is 5.32 Å². The molecule has 0 spiro atoms. The first-order valence-corrected chi connectivity index (χ1v) is 4.71. The number of nitrogens with one attached hydrogen (secondary N) is 1. The number of rotatable bonds is 4. The summed E-state index contributed by atoms with van der Waals surface area (Å²) in [5.74, 6) is -0.194. The predicted octanol–water partition coefficient (Wildman–Crippen LogP) is 1.66. The molecule has 1 rings (SSSR count). The third-order valence-corrected chi connectivity index (χ3v) is 1.82. The Morgan fingerprint density at radius 2 is 2.07 bits per heavy atom. The number of carbonyl (C=O) groups excluding carboxylic acids is 2. The second-order valence-electron chi connectivity index (χ2n) is 2.97. The maximum atomic E-state index is 11.0. The molecule has 0 unspecified atom stereocenters. The minimum Gasteiger partial charge on any atom is -0.323 e. The minimum atomic E-state index is -0.194. The number of allylic oxidation sites excluding steroid dienone is 1. The van der Waals surface area contributed by atoms with Crippen LogP contribution in [-0.4, -0.2) is 12.2 Å². The van der Waals surface area contributed by atoms with Gasteiger partial charge in [0.25, 0.3) is 6.29 Å². The van der Waals surface area contributed by atoms with Crippen molar-refractivity contribution in [3.05, 3.63) is 41.6 Å². The molecule has 0 bridgehead atoms. The third kappa shape index (κ3) is 3.77. The van der Waals surface area contributed by atoms with Gasteiger partial charge in [0.15, 0.2) is 0 Å². The largest absolute Gasteiger partial charge is 0.323 e. The van der Waals surface area contributed by atoms with E-state index in [9.17, 15) is 9.59 Å². The molecule has 0 aliphatic carbocycles. The van der Waals surface area contributed by atoms with Crippen molar-refractivity contribution in [3.8, 4) is 0 Å². The molecule has 1 amide bonds. The van der Waals surface area contributed by atoms with Crippen molar-refractivity contribution in [2.24, 2.45) is 0 Å². The van der Waals surface area contributed by atoms with Gasteiger partial charge in [0.05, 0.1) is 5.70 Å². The molecular formula is C12H12NO2. The van der Waals surface area contributed by atoms with E-state index in [1.807, 2.05) is 30.3 Å². The van der Waals surface area contributed by atoms with Crippen LogP contribution in [0.3, 0.4) is 0 Å². The summed E-state index contributed by atoms with van der Waals surface area (Å²) in [7, 11) is 0. The monoisotopic (exact) mass is 202 g/mol. The summed E-state index contributed by atoms with van der Waals surface area (Å²) < 4.78 is 0. The molecule has 1 aromatic carbocycles. The maximum Gasteiger partial charge on any atom is 0.251 e. The van der Waals surface area contributed by atoms with Crippen LogP contribution >= 0.6 is 0 Å². The Bertz CT molecular complexity index is 368. The molecule has 0 aromatic heterocycles. The molecule has 1 radical (unpaired) electrons. The summed E-state index contributed by atoms with van der Waals surface area (Å²) in [4.78, 5) is 21.6. The zero-order valence-corrected chi connectivity index (χ0v) is 8.49. The zero-order valence-electron chi connectivity index (χ0n) is 8.49. The number of amides is 1. The highest BCUT2D eigenvalue weighted by Gasteiger charge is 2.01. The van der Waals surface area contributed by atoms with Crippen LogP contribution in [0.25, 0.3) is 6.08 Å². The average Bonchev–Trinajstić information content (AvgIpc) is 2.29. The summed E-state index contributed by atoms with van der Waals surface area (Å²) in [6, 6.07) is 9.28. The standard InChI is InChI=1S/C12H12NO2/c1-2-12(15)13-11(9-14)8-10-6-4-3-5-7-10/h3-8H,2H2,1H3,(H,13,15). The molecule has 77 valence electrons. The SMILES string of the molecule is CCC(=O)NC([C]=O)=Cc1ccccc1. The van der Waals surface area contributed by atoms with Crippen molar-refractivity contribution in [2.45, 2.75) is 13.3 Å². The highest BCUT2D eigenvalue weighted by atomic mass is 16.2. The van der Waals surface area contributed by atoms with Gasteiger partial charge < -0.3 is 5.32 Å².